The predicted octanol–water partition coefficient (Wildman–Crippen LogP) is 3.73. The largest absolute Gasteiger partial charge is 0.481 e. The fraction of sp³-hybridized carbons (Fsp3) is 0.435. The van der Waals surface area contributed by atoms with Crippen molar-refractivity contribution in [3.8, 4) is 5.75 Å². The van der Waals surface area contributed by atoms with Gasteiger partial charge in [0.15, 0.2) is 6.10 Å². The Hall–Kier alpha value is -2.53. The molecule has 2 aromatic rings. The van der Waals surface area contributed by atoms with E-state index in [0.29, 0.717) is 12.5 Å². The summed E-state index contributed by atoms with van der Waals surface area (Å²) in [6.07, 6.45) is -0.549. The predicted molar refractivity (Wildman–Crippen MR) is 112 cm³/mol. The number of hydrogen-bond acceptors (Lipinski definition) is 4. The Morgan fingerprint density at radius 2 is 1.75 bits per heavy atom. The summed E-state index contributed by atoms with van der Waals surface area (Å²) in [5, 5.41) is 2.97. The number of nitrogens with one attached hydrogen (secondary N) is 1. The van der Waals surface area contributed by atoms with Crippen LogP contribution < -0.4 is 15.0 Å². The van der Waals surface area contributed by atoms with Crippen LogP contribution in [0.5, 0.6) is 5.75 Å². The minimum absolute atomic E-state index is 0.115. The molecule has 5 nitrogen and oxygen atoms in total. The standard InChI is InChI=1S/C23H30N2O3/c1-17(2)21-6-4-5-7-22(21)28-18(3)23(26)24-16-19-8-10-20(11-9-19)25-12-14-27-15-13-25/h4-11,17-18H,12-16H2,1-3H3,(H,24,26)/t18-/m0/s1. The van der Waals surface area contributed by atoms with E-state index >= 15 is 0 Å². The summed E-state index contributed by atoms with van der Waals surface area (Å²) >= 11 is 0. The third-order valence-corrected chi connectivity index (χ3v) is 4.99. The van der Waals surface area contributed by atoms with Crippen LogP contribution in [0.15, 0.2) is 48.5 Å². The number of anilines is 1. The van der Waals surface area contributed by atoms with E-state index in [9.17, 15) is 4.79 Å². The van der Waals surface area contributed by atoms with Crippen molar-refractivity contribution in [3.05, 3.63) is 59.7 Å². The highest BCUT2D eigenvalue weighted by Crippen LogP contribution is 2.26. The maximum atomic E-state index is 12.5. The highest BCUT2D eigenvalue weighted by atomic mass is 16.5. The Labute approximate surface area is 167 Å². The third-order valence-electron chi connectivity index (χ3n) is 4.99. The molecule has 0 unspecified atom stereocenters. The van der Waals surface area contributed by atoms with E-state index < -0.39 is 6.10 Å². The number of para-hydroxylation sites is 1. The summed E-state index contributed by atoms with van der Waals surface area (Å²) in [6, 6.07) is 16.2. The number of rotatable bonds is 7. The molecule has 1 saturated heterocycles. The first-order valence-corrected chi connectivity index (χ1v) is 9.99. The van der Waals surface area contributed by atoms with E-state index in [1.165, 1.54) is 5.69 Å². The molecule has 1 heterocycles. The average molecular weight is 383 g/mol. The van der Waals surface area contributed by atoms with Gasteiger partial charge in [-0.25, -0.2) is 0 Å². The maximum Gasteiger partial charge on any atom is 0.261 e. The van der Waals surface area contributed by atoms with Crippen LogP contribution in [0.25, 0.3) is 0 Å². The number of morpholine rings is 1. The van der Waals surface area contributed by atoms with Gasteiger partial charge in [0.05, 0.1) is 13.2 Å². The van der Waals surface area contributed by atoms with Gasteiger partial charge in [-0.2, -0.15) is 0 Å². The van der Waals surface area contributed by atoms with E-state index in [4.69, 9.17) is 9.47 Å². The third kappa shape index (κ3) is 5.26. The van der Waals surface area contributed by atoms with Gasteiger partial charge in [0.25, 0.3) is 5.91 Å². The minimum atomic E-state index is -0.549. The van der Waals surface area contributed by atoms with Crippen LogP contribution >= 0.6 is 0 Å². The molecule has 1 atom stereocenters. The average Bonchev–Trinajstić information content (AvgIpc) is 2.73. The molecule has 0 aliphatic carbocycles. The minimum Gasteiger partial charge on any atom is -0.481 e. The molecule has 1 aliphatic heterocycles. The van der Waals surface area contributed by atoms with Crippen molar-refractivity contribution in [2.75, 3.05) is 31.2 Å². The molecule has 1 N–H and O–H groups in total. The molecule has 1 aliphatic rings. The van der Waals surface area contributed by atoms with E-state index in [0.717, 1.165) is 43.2 Å². The molecular formula is C23H30N2O3. The number of amides is 1. The molecule has 3 rings (SSSR count). The molecule has 0 saturated carbocycles. The first kappa shape index (κ1) is 20.2. The molecule has 1 amide bonds. The SMILES string of the molecule is CC(C)c1ccccc1O[C@@H](C)C(=O)NCc1ccc(N2CCOCC2)cc1. The van der Waals surface area contributed by atoms with Gasteiger partial charge >= 0.3 is 0 Å². The van der Waals surface area contributed by atoms with Crippen LogP contribution in [-0.2, 0) is 16.1 Å². The second kappa shape index (κ2) is 9.60. The Kier molecular flexibility index (Phi) is 6.93. The zero-order chi connectivity index (χ0) is 19.9. The maximum absolute atomic E-state index is 12.5. The molecule has 5 heteroatoms. The molecule has 1 fully saturated rings. The lowest BCUT2D eigenvalue weighted by atomic mass is 10.0. The van der Waals surface area contributed by atoms with Crippen molar-refractivity contribution >= 4 is 11.6 Å². The van der Waals surface area contributed by atoms with Gasteiger partial charge in [-0.1, -0.05) is 44.2 Å². The monoisotopic (exact) mass is 382 g/mol. The summed E-state index contributed by atoms with van der Waals surface area (Å²) < 4.78 is 11.3. The lowest BCUT2D eigenvalue weighted by molar-refractivity contribution is -0.127. The van der Waals surface area contributed by atoms with Crippen molar-refractivity contribution in [2.45, 2.75) is 39.3 Å². The summed E-state index contributed by atoms with van der Waals surface area (Å²) in [5.74, 6) is 1.00. The van der Waals surface area contributed by atoms with Gasteiger partial charge < -0.3 is 19.7 Å². The van der Waals surface area contributed by atoms with Crippen molar-refractivity contribution in [1.29, 1.82) is 0 Å². The Morgan fingerprint density at radius 1 is 1.07 bits per heavy atom. The van der Waals surface area contributed by atoms with Gasteiger partial charge in [-0.3, -0.25) is 4.79 Å². The van der Waals surface area contributed by atoms with Crippen molar-refractivity contribution in [2.24, 2.45) is 0 Å². The molecule has 2 aromatic carbocycles. The molecule has 0 aromatic heterocycles. The number of nitrogens with zero attached hydrogens (tertiary/aromatic N) is 1. The topological polar surface area (TPSA) is 50.8 Å². The van der Waals surface area contributed by atoms with Crippen LogP contribution in [0, 0.1) is 0 Å². The molecule has 28 heavy (non-hydrogen) atoms. The Bertz CT molecular complexity index is 768. The first-order valence-electron chi connectivity index (χ1n) is 9.99. The van der Waals surface area contributed by atoms with E-state index in [1.807, 2.05) is 24.3 Å². The second-order valence-electron chi connectivity index (χ2n) is 7.44. The van der Waals surface area contributed by atoms with E-state index in [-0.39, 0.29) is 5.91 Å². The molecular weight excluding hydrogens is 352 g/mol. The van der Waals surface area contributed by atoms with Gasteiger partial charge in [-0.05, 0) is 42.2 Å². The van der Waals surface area contributed by atoms with Crippen molar-refractivity contribution in [3.63, 3.8) is 0 Å². The van der Waals surface area contributed by atoms with Crippen molar-refractivity contribution in [1.82, 2.24) is 5.32 Å². The molecule has 0 spiro atoms. The summed E-state index contributed by atoms with van der Waals surface area (Å²) in [7, 11) is 0. The summed E-state index contributed by atoms with van der Waals surface area (Å²) in [4.78, 5) is 14.8. The zero-order valence-electron chi connectivity index (χ0n) is 17.0. The summed E-state index contributed by atoms with van der Waals surface area (Å²) in [5.41, 5.74) is 3.38. The fourth-order valence-electron chi connectivity index (χ4n) is 3.29. The number of ether oxygens (including phenoxy) is 2. The highest BCUT2D eigenvalue weighted by Gasteiger charge is 2.17. The number of carbonyl (C=O) groups excluding carboxylic acids is 1. The van der Waals surface area contributed by atoms with Crippen LogP contribution in [0.2, 0.25) is 0 Å². The van der Waals surface area contributed by atoms with E-state index in [1.54, 1.807) is 6.92 Å². The molecule has 0 bridgehead atoms. The number of carbonyl (C=O) groups is 1. The van der Waals surface area contributed by atoms with Gasteiger partial charge in [0.1, 0.15) is 5.75 Å². The number of hydrogen-bond donors (Lipinski definition) is 1. The molecule has 150 valence electrons. The van der Waals surface area contributed by atoms with E-state index in [2.05, 4.69) is 48.3 Å². The van der Waals surface area contributed by atoms with Gasteiger partial charge in [0, 0.05) is 25.3 Å². The van der Waals surface area contributed by atoms with Gasteiger partial charge in [-0.15, -0.1) is 0 Å². The fourth-order valence-corrected chi connectivity index (χ4v) is 3.29. The van der Waals surface area contributed by atoms with Crippen LogP contribution in [0.4, 0.5) is 5.69 Å². The molecule has 0 radical (unpaired) electrons. The van der Waals surface area contributed by atoms with Gasteiger partial charge in [0.2, 0.25) is 0 Å². The van der Waals surface area contributed by atoms with Crippen LogP contribution in [-0.4, -0.2) is 38.3 Å². The second-order valence-corrected chi connectivity index (χ2v) is 7.44. The zero-order valence-corrected chi connectivity index (χ0v) is 17.0. The van der Waals surface area contributed by atoms with Crippen LogP contribution in [0.1, 0.15) is 37.8 Å². The lowest BCUT2D eigenvalue weighted by Crippen LogP contribution is -2.36. The first-order chi connectivity index (χ1) is 13.5. The smallest absolute Gasteiger partial charge is 0.261 e. The Balaban J connectivity index is 1.52. The summed E-state index contributed by atoms with van der Waals surface area (Å²) in [6.45, 7) is 9.90. The quantitative estimate of drug-likeness (QED) is 0.793. The van der Waals surface area contributed by atoms with Crippen LogP contribution in [0.3, 0.4) is 0 Å². The number of benzene rings is 2. The highest BCUT2D eigenvalue weighted by molar-refractivity contribution is 5.80. The Morgan fingerprint density at radius 3 is 2.43 bits per heavy atom. The van der Waals surface area contributed by atoms with Crippen molar-refractivity contribution < 1.29 is 14.3 Å². The normalized spacial score (nSPS) is 15.4. The lowest BCUT2D eigenvalue weighted by Gasteiger charge is -2.28.